The highest BCUT2D eigenvalue weighted by Crippen LogP contribution is 2.33. The van der Waals surface area contributed by atoms with Gasteiger partial charge in [0.1, 0.15) is 17.3 Å². The lowest BCUT2D eigenvalue weighted by Gasteiger charge is -2.10. The number of carbonyl (C=O) groups is 1. The minimum atomic E-state index is -0.327. The summed E-state index contributed by atoms with van der Waals surface area (Å²) < 4.78 is 23.1. The van der Waals surface area contributed by atoms with Gasteiger partial charge >= 0.3 is 0 Å². The van der Waals surface area contributed by atoms with E-state index >= 15 is 0 Å². The molecule has 0 bridgehead atoms. The molecule has 22 heavy (non-hydrogen) atoms. The molecular weight excluding hydrogens is 307 g/mol. The predicted octanol–water partition coefficient (Wildman–Crippen LogP) is 4.39. The van der Waals surface area contributed by atoms with Crippen molar-refractivity contribution in [3.8, 4) is 11.5 Å². The first-order valence-corrected chi connectivity index (χ1v) is 6.82. The Morgan fingerprint density at radius 3 is 2.32 bits per heavy atom. The van der Waals surface area contributed by atoms with Gasteiger partial charge in [0.25, 0.3) is 0 Å². The van der Waals surface area contributed by atoms with E-state index in [4.69, 9.17) is 21.1 Å². The number of allylic oxidation sites excluding steroid dienone is 1. The molecule has 0 fully saturated rings. The molecule has 0 spiro atoms. The van der Waals surface area contributed by atoms with Crippen LogP contribution in [0.15, 0.2) is 42.5 Å². The molecular formula is C17H14ClFO3. The molecule has 0 saturated heterocycles. The first-order valence-electron chi connectivity index (χ1n) is 6.44. The van der Waals surface area contributed by atoms with Gasteiger partial charge < -0.3 is 9.47 Å². The molecule has 0 heterocycles. The smallest absolute Gasteiger partial charge is 0.189 e. The van der Waals surface area contributed by atoms with Crippen LogP contribution in [0.3, 0.4) is 0 Å². The summed E-state index contributed by atoms with van der Waals surface area (Å²) in [5, 5.41) is 0.321. The molecule has 0 saturated carbocycles. The number of ketones is 1. The van der Waals surface area contributed by atoms with Crippen LogP contribution in [0.2, 0.25) is 5.02 Å². The van der Waals surface area contributed by atoms with Gasteiger partial charge in [-0.3, -0.25) is 4.79 Å². The summed E-state index contributed by atoms with van der Waals surface area (Å²) in [6.45, 7) is 0. The fourth-order valence-electron chi connectivity index (χ4n) is 1.89. The van der Waals surface area contributed by atoms with Gasteiger partial charge in [-0.05, 0) is 29.8 Å². The second-order valence-electron chi connectivity index (χ2n) is 4.44. The van der Waals surface area contributed by atoms with Gasteiger partial charge in [0, 0.05) is 6.07 Å². The minimum Gasteiger partial charge on any atom is -0.496 e. The molecule has 0 aliphatic rings. The molecule has 2 aromatic rings. The number of ether oxygens (including phenoxy) is 2. The fourth-order valence-corrected chi connectivity index (χ4v) is 2.13. The number of methoxy groups -OCH3 is 2. The third-order valence-electron chi connectivity index (χ3n) is 3.04. The van der Waals surface area contributed by atoms with Crippen molar-refractivity contribution in [3.63, 3.8) is 0 Å². The van der Waals surface area contributed by atoms with Crippen LogP contribution in [-0.4, -0.2) is 20.0 Å². The standard InChI is InChI=1S/C17H14ClFO3/c1-21-16-10-17(22-2)14(18)9-13(16)15(20)8-5-11-3-6-12(19)7-4-11/h3-10H,1-2H3/b8-5+. The van der Waals surface area contributed by atoms with Crippen molar-refractivity contribution < 1.29 is 18.7 Å². The number of hydrogen-bond donors (Lipinski definition) is 0. The first kappa shape index (κ1) is 16.0. The molecule has 5 heteroatoms. The van der Waals surface area contributed by atoms with Gasteiger partial charge in [0.2, 0.25) is 0 Å². The minimum absolute atomic E-state index is 0.272. The molecule has 0 atom stereocenters. The van der Waals surface area contributed by atoms with E-state index in [1.54, 1.807) is 24.3 Å². The zero-order valence-electron chi connectivity index (χ0n) is 12.1. The quantitative estimate of drug-likeness (QED) is 0.605. The molecule has 0 amide bonds. The van der Waals surface area contributed by atoms with Crippen molar-refractivity contribution in [2.75, 3.05) is 14.2 Å². The lowest BCUT2D eigenvalue weighted by molar-refractivity contribution is 0.104. The number of benzene rings is 2. The van der Waals surface area contributed by atoms with Gasteiger partial charge in [0.05, 0.1) is 24.8 Å². The summed E-state index contributed by atoms with van der Waals surface area (Å²) in [5.41, 5.74) is 1.04. The Bertz CT molecular complexity index is 709. The van der Waals surface area contributed by atoms with E-state index in [-0.39, 0.29) is 11.6 Å². The fraction of sp³-hybridized carbons (Fsp3) is 0.118. The van der Waals surface area contributed by atoms with Crippen LogP contribution in [0, 0.1) is 5.82 Å². The summed E-state index contributed by atoms with van der Waals surface area (Å²) in [5.74, 6) is 0.199. The highest BCUT2D eigenvalue weighted by atomic mass is 35.5. The van der Waals surface area contributed by atoms with E-state index in [1.165, 1.54) is 38.5 Å². The molecule has 0 aromatic heterocycles. The SMILES string of the molecule is COc1cc(OC)c(C(=O)/C=C/c2ccc(F)cc2)cc1Cl. The normalized spacial score (nSPS) is 10.7. The molecule has 2 rings (SSSR count). The van der Waals surface area contributed by atoms with E-state index in [1.807, 2.05) is 0 Å². The maximum absolute atomic E-state index is 12.8. The Morgan fingerprint density at radius 1 is 1.09 bits per heavy atom. The van der Waals surface area contributed by atoms with Gasteiger partial charge in [-0.2, -0.15) is 0 Å². The average molecular weight is 321 g/mol. The van der Waals surface area contributed by atoms with Crippen LogP contribution in [-0.2, 0) is 0 Å². The van der Waals surface area contributed by atoms with Crippen LogP contribution in [0.1, 0.15) is 15.9 Å². The maximum Gasteiger partial charge on any atom is 0.189 e. The monoisotopic (exact) mass is 320 g/mol. The van der Waals surface area contributed by atoms with Crippen LogP contribution in [0.25, 0.3) is 6.08 Å². The average Bonchev–Trinajstić information content (AvgIpc) is 2.53. The van der Waals surface area contributed by atoms with Gasteiger partial charge in [0.15, 0.2) is 5.78 Å². The van der Waals surface area contributed by atoms with Crippen LogP contribution in [0.4, 0.5) is 4.39 Å². The summed E-state index contributed by atoms with van der Waals surface area (Å²) >= 11 is 6.04. The van der Waals surface area contributed by atoms with Gasteiger partial charge in [-0.1, -0.05) is 29.8 Å². The lowest BCUT2D eigenvalue weighted by atomic mass is 10.1. The molecule has 0 unspecified atom stereocenters. The molecule has 3 nitrogen and oxygen atoms in total. The third-order valence-corrected chi connectivity index (χ3v) is 3.33. The van der Waals surface area contributed by atoms with Crippen molar-refractivity contribution >= 4 is 23.5 Å². The predicted molar refractivity (Wildman–Crippen MR) is 84.3 cm³/mol. The first-order chi connectivity index (χ1) is 10.5. The van der Waals surface area contributed by atoms with E-state index < -0.39 is 0 Å². The zero-order chi connectivity index (χ0) is 16.1. The molecule has 2 aromatic carbocycles. The Labute approximate surface area is 132 Å². The van der Waals surface area contributed by atoms with E-state index in [0.717, 1.165) is 0 Å². The summed E-state index contributed by atoms with van der Waals surface area (Å²) in [6.07, 6.45) is 2.98. The summed E-state index contributed by atoms with van der Waals surface area (Å²) in [6, 6.07) is 8.87. The van der Waals surface area contributed by atoms with Gasteiger partial charge in [-0.25, -0.2) is 4.39 Å². The zero-order valence-corrected chi connectivity index (χ0v) is 12.9. The van der Waals surface area contributed by atoms with Gasteiger partial charge in [-0.15, -0.1) is 0 Å². The molecule has 0 aliphatic heterocycles. The Hall–Kier alpha value is -2.33. The summed E-state index contributed by atoms with van der Waals surface area (Å²) in [7, 11) is 2.94. The van der Waals surface area contributed by atoms with Crippen molar-refractivity contribution in [2.24, 2.45) is 0 Å². The number of halogens is 2. The van der Waals surface area contributed by atoms with Crippen molar-refractivity contribution in [2.45, 2.75) is 0 Å². The Kier molecular flexibility index (Phi) is 5.17. The van der Waals surface area contributed by atoms with Crippen LogP contribution in [0.5, 0.6) is 11.5 Å². The molecule has 0 N–H and O–H groups in total. The number of hydrogen-bond acceptors (Lipinski definition) is 3. The second kappa shape index (κ2) is 7.09. The Morgan fingerprint density at radius 2 is 1.73 bits per heavy atom. The Balaban J connectivity index is 2.29. The van der Waals surface area contributed by atoms with E-state index in [0.29, 0.717) is 27.6 Å². The lowest BCUT2D eigenvalue weighted by Crippen LogP contribution is -2.00. The summed E-state index contributed by atoms with van der Waals surface area (Å²) in [4.78, 5) is 12.3. The van der Waals surface area contributed by atoms with Crippen molar-refractivity contribution in [1.82, 2.24) is 0 Å². The highest BCUT2D eigenvalue weighted by molar-refractivity contribution is 6.32. The third kappa shape index (κ3) is 3.65. The number of rotatable bonds is 5. The maximum atomic E-state index is 12.8. The van der Waals surface area contributed by atoms with Crippen molar-refractivity contribution in [1.29, 1.82) is 0 Å². The van der Waals surface area contributed by atoms with Crippen molar-refractivity contribution in [3.05, 3.63) is 64.4 Å². The molecule has 0 radical (unpaired) electrons. The topological polar surface area (TPSA) is 35.5 Å². The molecule has 0 aliphatic carbocycles. The second-order valence-corrected chi connectivity index (χ2v) is 4.84. The van der Waals surface area contributed by atoms with E-state index in [2.05, 4.69) is 0 Å². The highest BCUT2D eigenvalue weighted by Gasteiger charge is 2.14. The van der Waals surface area contributed by atoms with Crippen LogP contribution >= 0.6 is 11.6 Å². The van der Waals surface area contributed by atoms with E-state index in [9.17, 15) is 9.18 Å². The largest absolute Gasteiger partial charge is 0.496 e. The molecule has 114 valence electrons. The van der Waals surface area contributed by atoms with Crippen LogP contribution < -0.4 is 9.47 Å². The number of carbonyl (C=O) groups excluding carboxylic acids is 1.